The number of benzene rings is 1. The van der Waals surface area contributed by atoms with E-state index in [1.165, 1.54) is 74.9 Å². The number of hydrogen-bond donors (Lipinski definition) is 1. The molecule has 1 aliphatic heterocycles. The summed E-state index contributed by atoms with van der Waals surface area (Å²) < 4.78 is 0. The average Bonchev–Trinajstić information content (AvgIpc) is 2.69. The van der Waals surface area contributed by atoms with Gasteiger partial charge in [-0.3, -0.25) is 4.79 Å². The fourth-order valence-corrected chi connectivity index (χ4v) is 5.32. The highest BCUT2D eigenvalue weighted by Crippen LogP contribution is 2.47. The molecule has 1 aromatic rings. The van der Waals surface area contributed by atoms with Crippen molar-refractivity contribution in [1.82, 2.24) is 10.2 Å². The van der Waals surface area contributed by atoms with Gasteiger partial charge in [-0.05, 0) is 101 Å². The minimum Gasteiger partial charge on any atom is -0.350 e. The van der Waals surface area contributed by atoms with E-state index in [4.69, 9.17) is 0 Å². The van der Waals surface area contributed by atoms with Gasteiger partial charge in [0.25, 0.3) is 0 Å². The maximum Gasteiger partial charge on any atom is 0.217 e. The highest BCUT2D eigenvalue weighted by Gasteiger charge is 2.41. The highest BCUT2D eigenvalue weighted by atomic mass is 16.1. The Labute approximate surface area is 179 Å². The molecule has 1 heterocycles. The zero-order valence-corrected chi connectivity index (χ0v) is 19.0. The first-order chi connectivity index (χ1) is 13.9. The van der Waals surface area contributed by atoms with E-state index in [0.717, 1.165) is 12.3 Å². The third kappa shape index (κ3) is 5.72. The maximum absolute atomic E-state index is 11.6. The summed E-state index contributed by atoms with van der Waals surface area (Å²) in [5, 5.41) is 3.17. The summed E-state index contributed by atoms with van der Waals surface area (Å²) in [5.41, 5.74) is 4.61. The van der Waals surface area contributed by atoms with Crippen LogP contribution in [0.15, 0.2) is 35.9 Å². The number of fused-ring (bicyclic) bond motifs is 2. The number of allylic oxidation sites excluding steroid dienone is 2. The quantitative estimate of drug-likeness (QED) is 0.570. The predicted molar refractivity (Wildman–Crippen MR) is 124 cm³/mol. The molecular weight excluding hydrogens is 356 g/mol. The van der Waals surface area contributed by atoms with E-state index in [2.05, 4.69) is 61.3 Å². The summed E-state index contributed by atoms with van der Waals surface area (Å²) in [7, 11) is 0. The molecule has 3 rings (SSSR count). The van der Waals surface area contributed by atoms with Crippen molar-refractivity contribution in [1.29, 1.82) is 0 Å². The molecule has 1 N–H and O–H groups in total. The van der Waals surface area contributed by atoms with E-state index < -0.39 is 0 Å². The van der Waals surface area contributed by atoms with Gasteiger partial charge in [0.2, 0.25) is 5.91 Å². The molecule has 2 aliphatic rings. The van der Waals surface area contributed by atoms with Crippen LogP contribution in [0, 0.1) is 5.92 Å². The molecule has 3 nitrogen and oxygen atoms in total. The number of nitrogens with zero attached hydrogens (tertiary/aromatic N) is 1. The van der Waals surface area contributed by atoms with Crippen LogP contribution >= 0.6 is 0 Å². The molecule has 0 saturated carbocycles. The summed E-state index contributed by atoms with van der Waals surface area (Å²) in [6, 6.07) is 9.05. The molecule has 0 aromatic heterocycles. The van der Waals surface area contributed by atoms with Crippen molar-refractivity contribution in [2.45, 2.75) is 84.1 Å². The first-order valence-corrected chi connectivity index (χ1v) is 11.6. The minimum absolute atomic E-state index is 0. The number of carbonyl (C=O) groups is 1. The van der Waals surface area contributed by atoms with E-state index in [-0.39, 0.29) is 13.4 Å². The SMILES string of the molecule is CC(=O)N[C@H]1CCC2(CCN(CCC(C)CCC=C(C)C)CC2)c2ccccc21.[HH]. The first kappa shape index (κ1) is 22.1. The highest BCUT2D eigenvalue weighted by molar-refractivity contribution is 5.73. The van der Waals surface area contributed by atoms with Crippen LogP contribution < -0.4 is 5.32 Å². The monoisotopic (exact) mass is 398 g/mol. The van der Waals surface area contributed by atoms with Gasteiger partial charge in [-0.25, -0.2) is 0 Å². The van der Waals surface area contributed by atoms with Gasteiger partial charge in [0.1, 0.15) is 0 Å². The number of hydrogen-bond acceptors (Lipinski definition) is 2. The normalized spacial score (nSPS) is 22.0. The third-order valence-electron chi connectivity index (χ3n) is 7.16. The van der Waals surface area contributed by atoms with Crippen LogP contribution in [0.2, 0.25) is 0 Å². The van der Waals surface area contributed by atoms with Crippen LogP contribution in [0.25, 0.3) is 0 Å². The van der Waals surface area contributed by atoms with E-state index in [1.807, 2.05) is 0 Å². The molecule has 1 amide bonds. The van der Waals surface area contributed by atoms with Crippen molar-refractivity contribution < 1.29 is 6.22 Å². The minimum atomic E-state index is 0. The Morgan fingerprint density at radius 3 is 2.62 bits per heavy atom. The van der Waals surface area contributed by atoms with Crippen LogP contribution in [0.1, 0.15) is 91.2 Å². The van der Waals surface area contributed by atoms with Crippen molar-refractivity contribution in [3.05, 3.63) is 47.0 Å². The van der Waals surface area contributed by atoms with Gasteiger partial charge in [0, 0.05) is 8.35 Å². The van der Waals surface area contributed by atoms with Crippen molar-refractivity contribution in [2.75, 3.05) is 19.6 Å². The average molecular weight is 399 g/mol. The third-order valence-corrected chi connectivity index (χ3v) is 7.16. The molecule has 1 fully saturated rings. The van der Waals surface area contributed by atoms with E-state index in [1.54, 1.807) is 6.92 Å². The Morgan fingerprint density at radius 2 is 1.93 bits per heavy atom. The van der Waals surface area contributed by atoms with Crippen LogP contribution in [-0.2, 0) is 10.2 Å². The standard InChI is InChI=1S/C26H40N2O.H2/c1-20(2)8-7-9-21(3)13-17-28-18-15-26(16-19-28)14-12-25(27-22(4)29)23-10-5-6-11-24(23)26;/h5-6,8,10-11,21,25H,7,9,12-19H2,1-4H3,(H,27,29);1H/t21?,25-;/m0./s1. The lowest BCUT2D eigenvalue weighted by Crippen LogP contribution is -2.46. The summed E-state index contributed by atoms with van der Waals surface area (Å²) in [4.78, 5) is 14.3. The lowest BCUT2D eigenvalue weighted by Gasteiger charge is -2.47. The molecule has 1 saturated heterocycles. The molecule has 162 valence electrons. The van der Waals surface area contributed by atoms with Gasteiger partial charge >= 0.3 is 0 Å². The molecule has 3 heteroatoms. The van der Waals surface area contributed by atoms with Crippen molar-refractivity contribution in [3.8, 4) is 0 Å². The van der Waals surface area contributed by atoms with Crippen LogP contribution in [-0.4, -0.2) is 30.4 Å². The molecule has 29 heavy (non-hydrogen) atoms. The molecule has 2 atom stereocenters. The molecule has 1 aliphatic carbocycles. The Hall–Kier alpha value is -1.61. The Balaban J connectivity index is 0.00000320. The van der Waals surface area contributed by atoms with Gasteiger partial charge in [-0.1, -0.05) is 42.8 Å². The smallest absolute Gasteiger partial charge is 0.217 e. The Morgan fingerprint density at radius 1 is 1.21 bits per heavy atom. The topological polar surface area (TPSA) is 32.3 Å². The van der Waals surface area contributed by atoms with Crippen LogP contribution in [0.3, 0.4) is 0 Å². The summed E-state index contributed by atoms with van der Waals surface area (Å²) >= 11 is 0. The number of piperidine rings is 1. The number of nitrogens with one attached hydrogen (secondary N) is 1. The van der Waals surface area contributed by atoms with Crippen molar-refractivity contribution in [3.63, 3.8) is 0 Å². The number of rotatable bonds is 7. The van der Waals surface area contributed by atoms with Gasteiger partial charge in [0.15, 0.2) is 0 Å². The lowest BCUT2D eigenvalue weighted by molar-refractivity contribution is -0.119. The zero-order valence-electron chi connectivity index (χ0n) is 19.0. The van der Waals surface area contributed by atoms with E-state index in [9.17, 15) is 4.79 Å². The molecule has 1 aromatic carbocycles. The second kappa shape index (κ2) is 9.93. The number of likely N-dealkylation sites (tertiary alicyclic amines) is 1. The van der Waals surface area contributed by atoms with Crippen molar-refractivity contribution in [2.24, 2.45) is 5.92 Å². The van der Waals surface area contributed by atoms with Gasteiger partial charge in [0.05, 0.1) is 6.04 Å². The van der Waals surface area contributed by atoms with Crippen molar-refractivity contribution >= 4 is 5.91 Å². The summed E-state index contributed by atoms with van der Waals surface area (Å²) in [5.74, 6) is 0.879. The second-order valence-corrected chi connectivity index (χ2v) is 9.75. The van der Waals surface area contributed by atoms with E-state index in [0.29, 0.717) is 5.41 Å². The fourth-order valence-electron chi connectivity index (χ4n) is 5.32. The lowest BCUT2D eigenvalue weighted by atomic mass is 9.63. The molecule has 1 unspecified atom stereocenters. The van der Waals surface area contributed by atoms with Crippen LogP contribution in [0.5, 0.6) is 0 Å². The predicted octanol–water partition coefficient (Wildman–Crippen LogP) is 6.01. The summed E-state index contributed by atoms with van der Waals surface area (Å²) in [6.07, 6.45) is 11.0. The molecular formula is C26H42N2O. The first-order valence-electron chi connectivity index (χ1n) is 11.6. The van der Waals surface area contributed by atoms with Gasteiger partial charge < -0.3 is 10.2 Å². The van der Waals surface area contributed by atoms with Gasteiger partial charge in [-0.15, -0.1) is 0 Å². The molecule has 0 bridgehead atoms. The number of amides is 1. The molecule has 1 spiro atoms. The second-order valence-electron chi connectivity index (χ2n) is 9.75. The largest absolute Gasteiger partial charge is 0.350 e. The Bertz CT molecular complexity index is 717. The maximum atomic E-state index is 11.6. The van der Waals surface area contributed by atoms with Crippen LogP contribution in [0.4, 0.5) is 0 Å². The summed E-state index contributed by atoms with van der Waals surface area (Å²) in [6.45, 7) is 12.1. The Kier molecular flexibility index (Phi) is 7.56. The van der Waals surface area contributed by atoms with E-state index >= 15 is 0 Å². The zero-order chi connectivity index (χ0) is 20.9. The fraction of sp³-hybridized carbons (Fsp3) is 0.654. The molecule has 0 radical (unpaired) electrons. The number of carbonyl (C=O) groups excluding carboxylic acids is 1. The van der Waals surface area contributed by atoms with Gasteiger partial charge in [-0.2, -0.15) is 0 Å².